The van der Waals surface area contributed by atoms with Gasteiger partial charge in [-0.25, -0.2) is 0 Å². The molecular formula is C13H18ClNO2. The summed E-state index contributed by atoms with van der Waals surface area (Å²) in [6, 6.07) is 7.69. The first-order valence-electron chi connectivity index (χ1n) is 5.61. The highest BCUT2D eigenvalue weighted by molar-refractivity contribution is 6.31. The number of carbonyl (C=O) groups excluding carboxylic acids is 1. The molecule has 0 aliphatic rings. The number of methoxy groups -OCH3 is 1. The number of benzene rings is 1. The average Bonchev–Trinajstić information content (AvgIpc) is 2.35. The van der Waals surface area contributed by atoms with Crippen LogP contribution in [0.2, 0.25) is 5.02 Å². The Kier molecular flexibility index (Phi) is 5.45. The van der Waals surface area contributed by atoms with Crippen molar-refractivity contribution < 1.29 is 9.53 Å². The van der Waals surface area contributed by atoms with E-state index in [1.807, 2.05) is 38.1 Å². The average molecular weight is 256 g/mol. The first-order chi connectivity index (χ1) is 8.06. The summed E-state index contributed by atoms with van der Waals surface area (Å²) >= 11 is 6.05. The number of esters is 1. The zero-order chi connectivity index (χ0) is 12.8. The normalized spacial score (nSPS) is 14.1. The van der Waals surface area contributed by atoms with Crippen LogP contribution in [0.4, 0.5) is 0 Å². The number of nitrogens with one attached hydrogen (secondary N) is 1. The molecule has 4 heteroatoms. The molecule has 2 atom stereocenters. The molecular weight excluding hydrogens is 238 g/mol. The van der Waals surface area contributed by atoms with Gasteiger partial charge in [0, 0.05) is 17.6 Å². The standard InChI is InChI=1S/C13H18ClNO2/c1-9(13(16)17-3)10(2)15-8-11-6-4-5-7-12(11)14/h4-7,9-10,15H,8H2,1-3H3. The fourth-order valence-corrected chi connectivity index (χ4v) is 1.68. The third kappa shape index (κ3) is 4.02. The van der Waals surface area contributed by atoms with Crippen LogP contribution in [0.3, 0.4) is 0 Å². The van der Waals surface area contributed by atoms with E-state index in [1.54, 1.807) is 0 Å². The molecule has 2 unspecified atom stereocenters. The van der Waals surface area contributed by atoms with Crippen molar-refractivity contribution >= 4 is 17.6 Å². The van der Waals surface area contributed by atoms with Crippen molar-refractivity contribution in [2.24, 2.45) is 5.92 Å². The molecule has 1 aromatic rings. The van der Waals surface area contributed by atoms with Gasteiger partial charge in [-0.05, 0) is 18.6 Å². The second-order valence-electron chi connectivity index (χ2n) is 4.07. The summed E-state index contributed by atoms with van der Waals surface area (Å²) < 4.78 is 4.70. The minimum atomic E-state index is -0.204. The van der Waals surface area contributed by atoms with Gasteiger partial charge in [-0.1, -0.05) is 36.7 Å². The lowest BCUT2D eigenvalue weighted by Gasteiger charge is -2.19. The maximum absolute atomic E-state index is 11.3. The Bertz CT molecular complexity index is 381. The molecule has 0 amide bonds. The summed E-state index contributed by atoms with van der Waals surface area (Å²) in [5.74, 6) is -0.383. The first kappa shape index (κ1) is 14.0. The Hall–Kier alpha value is -1.06. The van der Waals surface area contributed by atoms with Crippen LogP contribution in [-0.2, 0) is 16.1 Å². The number of halogens is 1. The van der Waals surface area contributed by atoms with Crippen molar-refractivity contribution in [1.29, 1.82) is 0 Å². The smallest absolute Gasteiger partial charge is 0.309 e. The van der Waals surface area contributed by atoms with E-state index >= 15 is 0 Å². The van der Waals surface area contributed by atoms with Crippen LogP contribution >= 0.6 is 11.6 Å². The van der Waals surface area contributed by atoms with Gasteiger partial charge >= 0.3 is 5.97 Å². The largest absolute Gasteiger partial charge is 0.469 e. The van der Waals surface area contributed by atoms with E-state index in [-0.39, 0.29) is 17.9 Å². The van der Waals surface area contributed by atoms with E-state index in [0.717, 1.165) is 10.6 Å². The molecule has 1 aromatic carbocycles. The Morgan fingerprint density at radius 1 is 1.41 bits per heavy atom. The molecule has 0 saturated heterocycles. The van der Waals surface area contributed by atoms with Gasteiger partial charge in [-0.2, -0.15) is 0 Å². The third-order valence-electron chi connectivity index (χ3n) is 2.90. The van der Waals surface area contributed by atoms with Crippen molar-refractivity contribution in [3.05, 3.63) is 34.9 Å². The summed E-state index contributed by atoms with van der Waals surface area (Å²) in [5.41, 5.74) is 1.03. The Balaban J connectivity index is 2.51. The Morgan fingerprint density at radius 2 is 2.06 bits per heavy atom. The van der Waals surface area contributed by atoms with Crippen LogP contribution in [0.5, 0.6) is 0 Å². The summed E-state index contributed by atoms with van der Waals surface area (Å²) in [6.07, 6.45) is 0. The first-order valence-corrected chi connectivity index (χ1v) is 5.98. The quantitative estimate of drug-likeness (QED) is 0.822. The molecule has 0 saturated carbocycles. The van der Waals surface area contributed by atoms with Crippen LogP contribution in [0.15, 0.2) is 24.3 Å². The van der Waals surface area contributed by atoms with Gasteiger partial charge in [-0.3, -0.25) is 4.79 Å². The zero-order valence-electron chi connectivity index (χ0n) is 10.4. The van der Waals surface area contributed by atoms with E-state index < -0.39 is 0 Å². The van der Waals surface area contributed by atoms with Crippen LogP contribution < -0.4 is 5.32 Å². The third-order valence-corrected chi connectivity index (χ3v) is 3.26. The highest BCUT2D eigenvalue weighted by Crippen LogP contribution is 2.15. The maximum Gasteiger partial charge on any atom is 0.309 e. The van der Waals surface area contributed by atoms with E-state index in [1.165, 1.54) is 7.11 Å². The zero-order valence-corrected chi connectivity index (χ0v) is 11.1. The molecule has 0 spiro atoms. The molecule has 0 aliphatic carbocycles. The molecule has 0 heterocycles. The van der Waals surface area contributed by atoms with Gasteiger partial charge in [0.2, 0.25) is 0 Å². The number of ether oxygens (including phenoxy) is 1. The molecule has 0 aromatic heterocycles. The second-order valence-corrected chi connectivity index (χ2v) is 4.48. The predicted octanol–water partition coefficient (Wildman–Crippen LogP) is 2.63. The SMILES string of the molecule is COC(=O)C(C)C(C)NCc1ccccc1Cl. The van der Waals surface area contributed by atoms with E-state index in [9.17, 15) is 4.79 Å². The van der Waals surface area contributed by atoms with E-state index in [2.05, 4.69) is 5.32 Å². The fourth-order valence-electron chi connectivity index (χ4n) is 1.48. The molecule has 1 rings (SSSR count). The predicted molar refractivity (Wildman–Crippen MR) is 68.9 cm³/mol. The molecule has 0 radical (unpaired) electrons. The van der Waals surface area contributed by atoms with Crippen LogP contribution in [-0.4, -0.2) is 19.1 Å². The number of carbonyl (C=O) groups is 1. The highest BCUT2D eigenvalue weighted by atomic mass is 35.5. The molecule has 0 aliphatic heterocycles. The van der Waals surface area contributed by atoms with Crippen LogP contribution in [0.1, 0.15) is 19.4 Å². The summed E-state index contributed by atoms with van der Waals surface area (Å²) in [5, 5.41) is 4.00. The van der Waals surface area contributed by atoms with E-state index in [0.29, 0.717) is 6.54 Å². The summed E-state index contributed by atoms with van der Waals surface area (Å²) in [7, 11) is 1.40. The monoisotopic (exact) mass is 255 g/mol. The minimum Gasteiger partial charge on any atom is -0.469 e. The van der Waals surface area contributed by atoms with Crippen molar-refractivity contribution in [2.45, 2.75) is 26.4 Å². The molecule has 0 bridgehead atoms. The number of hydrogen-bond acceptors (Lipinski definition) is 3. The molecule has 3 nitrogen and oxygen atoms in total. The van der Waals surface area contributed by atoms with Gasteiger partial charge in [0.1, 0.15) is 0 Å². The summed E-state index contributed by atoms with van der Waals surface area (Å²) in [6.45, 7) is 4.44. The van der Waals surface area contributed by atoms with Gasteiger partial charge in [0.25, 0.3) is 0 Å². The lowest BCUT2D eigenvalue weighted by atomic mass is 10.0. The molecule has 17 heavy (non-hydrogen) atoms. The molecule has 0 fully saturated rings. The topological polar surface area (TPSA) is 38.3 Å². The van der Waals surface area contributed by atoms with Crippen LogP contribution in [0, 0.1) is 5.92 Å². The second kappa shape index (κ2) is 6.62. The fraction of sp³-hybridized carbons (Fsp3) is 0.462. The van der Waals surface area contributed by atoms with Crippen molar-refractivity contribution in [3.63, 3.8) is 0 Å². The molecule has 94 valence electrons. The Labute approximate surface area is 107 Å². The lowest BCUT2D eigenvalue weighted by Crippen LogP contribution is -2.36. The van der Waals surface area contributed by atoms with Crippen molar-refractivity contribution in [1.82, 2.24) is 5.32 Å². The number of rotatable bonds is 5. The minimum absolute atomic E-state index is 0.0405. The van der Waals surface area contributed by atoms with Crippen molar-refractivity contribution in [3.8, 4) is 0 Å². The number of hydrogen-bond donors (Lipinski definition) is 1. The van der Waals surface area contributed by atoms with Gasteiger partial charge < -0.3 is 10.1 Å². The van der Waals surface area contributed by atoms with Gasteiger partial charge in [0.05, 0.1) is 13.0 Å². The Morgan fingerprint density at radius 3 is 2.65 bits per heavy atom. The van der Waals surface area contributed by atoms with Crippen LogP contribution in [0.25, 0.3) is 0 Å². The maximum atomic E-state index is 11.3. The van der Waals surface area contributed by atoms with Gasteiger partial charge in [-0.15, -0.1) is 0 Å². The highest BCUT2D eigenvalue weighted by Gasteiger charge is 2.20. The van der Waals surface area contributed by atoms with Gasteiger partial charge in [0.15, 0.2) is 0 Å². The summed E-state index contributed by atoms with van der Waals surface area (Å²) in [4.78, 5) is 11.3. The molecule has 1 N–H and O–H groups in total. The van der Waals surface area contributed by atoms with Crippen molar-refractivity contribution in [2.75, 3.05) is 7.11 Å². The lowest BCUT2D eigenvalue weighted by molar-refractivity contribution is -0.145. The van der Waals surface area contributed by atoms with E-state index in [4.69, 9.17) is 16.3 Å².